The van der Waals surface area contributed by atoms with E-state index in [0.717, 1.165) is 37.7 Å². The molecule has 7 nitrogen and oxygen atoms in total. The zero-order valence-electron chi connectivity index (χ0n) is 19.2. The number of hydrogen-bond donors (Lipinski definition) is 2. The van der Waals surface area contributed by atoms with Crippen molar-refractivity contribution in [2.45, 2.75) is 45.1 Å². The maximum absolute atomic E-state index is 13.4. The molecule has 0 spiro atoms. The van der Waals surface area contributed by atoms with Crippen LogP contribution in [0, 0.1) is 12.7 Å². The van der Waals surface area contributed by atoms with Gasteiger partial charge in [-0.2, -0.15) is 0 Å². The zero-order chi connectivity index (χ0) is 24.5. The van der Waals surface area contributed by atoms with E-state index in [9.17, 15) is 23.0 Å². The number of nitrogens with one attached hydrogen (secondary N) is 2. The fraction of sp³-hybridized carbons (Fsp3) is 0.400. The summed E-state index contributed by atoms with van der Waals surface area (Å²) in [7, 11) is -1.79. The molecule has 0 heterocycles. The summed E-state index contributed by atoms with van der Waals surface area (Å²) in [4.78, 5) is 39.0. The molecule has 1 saturated carbocycles. The van der Waals surface area contributed by atoms with Gasteiger partial charge in [0.15, 0.2) is 0 Å². The summed E-state index contributed by atoms with van der Waals surface area (Å²) in [6.07, 6.45) is 5.05. The number of aryl methyl sites for hydroxylation is 1. The van der Waals surface area contributed by atoms with Crippen LogP contribution in [0.25, 0.3) is 0 Å². The van der Waals surface area contributed by atoms with E-state index >= 15 is 0 Å². The lowest BCUT2D eigenvalue weighted by atomic mass is 9.95. The Bertz CT molecular complexity index is 1020. The summed E-state index contributed by atoms with van der Waals surface area (Å²) in [6.45, 7) is 1.66. The van der Waals surface area contributed by atoms with E-state index in [1.54, 1.807) is 12.1 Å². The molecule has 0 aromatic heterocycles. The molecule has 3 amide bonds. The van der Waals surface area contributed by atoms with E-state index in [2.05, 4.69) is 10.6 Å². The molecule has 0 saturated heterocycles. The van der Waals surface area contributed by atoms with Gasteiger partial charge >= 0.3 is 0 Å². The normalized spacial score (nSPS) is 14.8. The van der Waals surface area contributed by atoms with Crippen LogP contribution in [-0.2, 0) is 25.2 Å². The molecule has 3 rings (SSSR count). The molecule has 2 N–H and O–H groups in total. The number of carbonyl (C=O) groups excluding carboxylic acids is 3. The molecule has 0 radical (unpaired) electrons. The van der Waals surface area contributed by atoms with E-state index in [1.807, 2.05) is 19.1 Å². The van der Waals surface area contributed by atoms with Gasteiger partial charge in [-0.1, -0.05) is 37.0 Å². The van der Waals surface area contributed by atoms with Crippen molar-refractivity contribution < 1.29 is 23.0 Å². The Morgan fingerprint density at radius 2 is 1.59 bits per heavy atom. The molecule has 0 aliphatic heterocycles. The Kier molecular flexibility index (Phi) is 9.33. The van der Waals surface area contributed by atoms with E-state index in [4.69, 9.17) is 0 Å². The minimum atomic E-state index is -1.79. The van der Waals surface area contributed by atoms with Crippen molar-refractivity contribution in [3.63, 3.8) is 0 Å². The Labute approximate surface area is 201 Å². The molecule has 1 fully saturated rings. The Hall–Kier alpha value is -3.07. The van der Waals surface area contributed by atoms with Crippen molar-refractivity contribution >= 4 is 39.9 Å². The lowest BCUT2D eigenvalue weighted by Gasteiger charge is -2.26. The van der Waals surface area contributed by atoms with E-state index in [0.29, 0.717) is 11.4 Å². The summed E-state index contributed by atoms with van der Waals surface area (Å²) < 4.78 is 25.9. The van der Waals surface area contributed by atoms with Crippen LogP contribution in [0.1, 0.15) is 37.7 Å². The van der Waals surface area contributed by atoms with Gasteiger partial charge in [-0.25, -0.2) is 4.39 Å². The first-order valence-corrected chi connectivity index (χ1v) is 12.9. The second-order valence-corrected chi connectivity index (χ2v) is 9.96. The number of carbonyl (C=O) groups is 3. The third kappa shape index (κ3) is 8.06. The second-order valence-electron chi connectivity index (χ2n) is 8.50. The van der Waals surface area contributed by atoms with Gasteiger partial charge in [-0.15, -0.1) is 0 Å². The minimum Gasteiger partial charge on any atom is -0.352 e. The van der Waals surface area contributed by atoms with Crippen LogP contribution in [0.3, 0.4) is 0 Å². The van der Waals surface area contributed by atoms with E-state index in [-0.39, 0.29) is 24.2 Å². The van der Waals surface area contributed by atoms with Gasteiger partial charge in [-0.3, -0.25) is 18.6 Å². The molecular weight excluding hydrogens is 457 g/mol. The Balaban J connectivity index is 1.61. The fourth-order valence-electron chi connectivity index (χ4n) is 3.86. The van der Waals surface area contributed by atoms with Gasteiger partial charge in [0.05, 0.1) is 0 Å². The first-order valence-electron chi connectivity index (χ1n) is 11.4. The maximum Gasteiger partial charge on any atom is 0.240 e. The van der Waals surface area contributed by atoms with Gasteiger partial charge in [-0.05, 0) is 56.2 Å². The molecule has 9 heteroatoms. The molecular formula is C25H30FN3O4S. The summed E-state index contributed by atoms with van der Waals surface area (Å²) in [5.41, 5.74) is 1.94. The van der Waals surface area contributed by atoms with Gasteiger partial charge in [0.1, 0.15) is 23.9 Å². The van der Waals surface area contributed by atoms with Crippen LogP contribution in [0.5, 0.6) is 0 Å². The number of rotatable bonds is 9. The Morgan fingerprint density at radius 3 is 2.24 bits per heavy atom. The van der Waals surface area contributed by atoms with Crippen molar-refractivity contribution in [2.75, 3.05) is 28.3 Å². The SMILES string of the molecule is Cc1ccc(NC(=O)C[S@](=O)CC(=O)N(CC(=O)NC2CCCCC2)c2ccc(F)cc2)cc1. The van der Waals surface area contributed by atoms with E-state index in [1.165, 1.54) is 29.2 Å². The van der Waals surface area contributed by atoms with Crippen molar-refractivity contribution in [1.82, 2.24) is 5.32 Å². The molecule has 1 aliphatic carbocycles. The molecule has 2 aromatic rings. The highest BCUT2D eigenvalue weighted by molar-refractivity contribution is 7.86. The lowest BCUT2D eigenvalue weighted by Crippen LogP contribution is -2.46. The minimum absolute atomic E-state index is 0.0750. The standard InChI is InChI=1S/C25H30FN3O4S/c1-18-7-11-21(12-8-18)28-24(31)16-34(33)17-25(32)29(22-13-9-19(26)10-14-22)15-23(30)27-20-5-3-2-4-6-20/h7-14,20H,2-6,15-17H2,1H3,(H,27,30)(H,28,31)/t34-/m0/s1. The molecule has 1 atom stereocenters. The Morgan fingerprint density at radius 1 is 0.941 bits per heavy atom. The predicted octanol–water partition coefficient (Wildman–Crippen LogP) is 3.30. The number of nitrogens with zero attached hydrogens (tertiary/aromatic N) is 1. The quantitative estimate of drug-likeness (QED) is 0.567. The maximum atomic E-state index is 13.4. The van der Waals surface area contributed by atoms with E-state index < -0.39 is 34.2 Å². The lowest BCUT2D eigenvalue weighted by molar-refractivity contribution is -0.123. The topological polar surface area (TPSA) is 95.6 Å². The average molecular weight is 488 g/mol. The van der Waals surface area contributed by atoms with Crippen LogP contribution in [-0.4, -0.2) is 46.0 Å². The van der Waals surface area contributed by atoms with Crippen molar-refractivity contribution in [3.8, 4) is 0 Å². The molecule has 0 unspecified atom stereocenters. The number of anilines is 2. The molecule has 2 aromatic carbocycles. The van der Waals surface area contributed by atoms with Crippen LogP contribution in [0.15, 0.2) is 48.5 Å². The van der Waals surface area contributed by atoms with Gasteiger partial charge < -0.3 is 15.5 Å². The summed E-state index contributed by atoms with van der Waals surface area (Å²) >= 11 is 0. The number of halogens is 1. The predicted molar refractivity (Wildman–Crippen MR) is 131 cm³/mol. The van der Waals surface area contributed by atoms with Crippen LogP contribution >= 0.6 is 0 Å². The highest BCUT2D eigenvalue weighted by Crippen LogP contribution is 2.19. The number of hydrogen-bond acceptors (Lipinski definition) is 4. The third-order valence-electron chi connectivity index (χ3n) is 5.62. The summed E-state index contributed by atoms with van der Waals surface area (Å²) in [6, 6.07) is 12.4. The monoisotopic (exact) mass is 487 g/mol. The molecule has 182 valence electrons. The van der Waals surface area contributed by atoms with Gasteiger partial charge in [0, 0.05) is 28.2 Å². The average Bonchev–Trinajstić information content (AvgIpc) is 2.80. The van der Waals surface area contributed by atoms with Crippen molar-refractivity contribution in [1.29, 1.82) is 0 Å². The highest BCUT2D eigenvalue weighted by Gasteiger charge is 2.24. The van der Waals surface area contributed by atoms with Crippen molar-refractivity contribution in [3.05, 3.63) is 59.9 Å². The van der Waals surface area contributed by atoms with Crippen molar-refractivity contribution in [2.24, 2.45) is 0 Å². The first-order chi connectivity index (χ1) is 16.3. The zero-order valence-corrected chi connectivity index (χ0v) is 20.0. The molecule has 1 aliphatic rings. The molecule has 0 bridgehead atoms. The highest BCUT2D eigenvalue weighted by atomic mass is 32.2. The first kappa shape index (κ1) is 25.6. The summed E-state index contributed by atoms with van der Waals surface area (Å²) in [5.74, 6) is -2.64. The largest absolute Gasteiger partial charge is 0.352 e. The van der Waals surface area contributed by atoms with Gasteiger partial charge in [0.25, 0.3) is 0 Å². The fourth-order valence-corrected chi connectivity index (χ4v) is 4.75. The second kappa shape index (κ2) is 12.4. The van der Waals surface area contributed by atoms with Crippen LogP contribution < -0.4 is 15.5 Å². The smallest absolute Gasteiger partial charge is 0.240 e. The van der Waals surface area contributed by atoms with Crippen LogP contribution in [0.2, 0.25) is 0 Å². The summed E-state index contributed by atoms with van der Waals surface area (Å²) in [5, 5.41) is 5.61. The van der Waals surface area contributed by atoms with Crippen LogP contribution in [0.4, 0.5) is 15.8 Å². The number of benzene rings is 2. The molecule has 34 heavy (non-hydrogen) atoms. The number of amides is 3. The third-order valence-corrected chi connectivity index (χ3v) is 6.78. The van der Waals surface area contributed by atoms with Gasteiger partial charge in [0.2, 0.25) is 17.7 Å².